The molecule has 0 bridgehead atoms. The summed E-state index contributed by atoms with van der Waals surface area (Å²) in [5.41, 5.74) is 3.37. The van der Waals surface area contributed by atoms with Crippen LogP contribution in [0.4, 0.5) is 0 Å². The van der Waals surface area contributed by atoms with Crippen LogP contribution in [0.3, 0.4) is 0 Å². The van der Waals surface area contributed by atoms with Crippen molar-refractivity contribution in [3.63, 3.8) is 0 Å². The van der Waals surface area contributed by atoms with Gasteiger partial charge in [0, 0.05) is 15.6 Å². The van der Waals surface area contributed by atoms with E-state index in [4.69, 9.17) is 23.2 Å². The molecular formula is C14H8Br2Cl2N2O2. The smallest absolute Gasteiger partial charge is 0.271 e. The Bertz CT molecular complexity index is 723. The van der Waals surface area contributed by atoms with Gasteiger partial charge in [-0.1, -0.05) is 23.2 Å². The van der Waals surface area contributed by atoms with Crippen LogP contribution >= 0.6 is 55.1 Å². The number of rotatable bonds is 3. The molecule has 2 aromatic carbocycles. The molecule has 0 aliphatic rings. The summed E-state index contributed by atoms with van der Waals surface area (Å²) in [6.45, 7) is 0. The summed E-state index contributed by atoms with van der Waals surface area (Å²) >= 11 is 18.1. The molecule has 1 amide bonds. The van der Waals surface area contributed by atoms with Crippen molar-refractivity contribution >= 4 is 67.2 Å². The number of hydrogen-bond acceptors (Lipinski definition) is 3. The lowest BCUT2D eigenvalue weighted by atomic mass is 10.2. The Kier molecular flexibility index (Phi) is 5.86. The minimum atomic E-state index is -0.433. The highest BCUT2D eigenvalue weighted by Crippen LogP contribution is 2.32. The van der Waals surface area contributed by atoms with Gasteiger partial charge < -0.3 is 5.11 Å². The predicted molar refractivity (Wildman–Crippen MR) is 95.0 cm³/mol. The van der Waals surface area contributed by atoms with Crippen LogP contribution in [-0.2, 0) is 0 Å². The number of nitrogens with one attached hydrogen (secondary N) is 1. The molecule has 0 fully saturated rings. The number of benzene rings is 2. The topological polar surface area (TPSA) is 61.7 Å². The van der Waals surface area contributed by atoms with E-state index in [1.807, 2.05) is 0 Å². The van der Waals surface area contributed by atoms with Crippen LogP contribution in [0, 0.1) is 0 Å². The molecule has 22 heavy (non-hydrogen) atoms. The van der Waals surface area contributed by atoms with E-state index in [0.717, 1.165) is 0 Å². The Morgan fingerprint density at radius 2 is 1.64 bits per heavy atom. The van der Waals surface area contributed by atoms with Crippen LogP contribution in [0.15, 0.2) is 44.4 Å². The highest BCUT2D eigenvalue weighted by Gasteiger charge is 2.07. The number of hydrogen-bond donors (Lipinski definition) is 2. The van der Waals surface area contributed by atoms with Crippen molar-refractivity contribution in [1.82, 2.24) is 5.43 Å². The number of phenols is 1. The van der Waals surface area contributed by atoms with Gasteiger partial charge in [0.2, 0.25) is 0 Å². The summed E-state index contributed by atoms with van der Waals surface area (Å²) in [6.07, 6.45) is 1.44. The molecule has 114 valence electrons. The first-order valence-corrected chi connectivity index (χ1v) is 8.18. The SMILES string of the molecule is O=C(NN=Cc1cc(Br)c(O)c(Br)c1)c1cc(Cl)cc(Cl)c1. The summed E-state index contributed by atoms with van der Waals surface area (Å²) < 4.78 is 1.02. The molecule has 0 radical (unpaired) electrons. The summed E-state index contributed by atoms with van der Waals surface area (Å²) in [7, 11) is 0. The standard InChI is InChI=1S/C14H8Br2Cl2N2O2/c15-11-1-7(2-12(16)13(11)21)6-19-20-14(22)8-3-9(17)5-10(18)4-8/h1-6,21H,(H,20,22). The summed E-state index contributed by atoms with van der Waals surface area (Å²) in [4.78, 5) is 11.9. The number of amides is 1. The van der Waals surface area contributed by atoms with Gasteiger partial charge in [-0.25, -0.2) is 5.43 Å². The monoisotopic (exact) mass is 464 g/mol. The zero-order valence-electron chi connectivity index (χ0n) is 10.8. The fourth-order valence-electron chi connectivity index (χ4n) is 1.57. The van der Waals surface area contributed by atoms with Crippen molar-refractivity contribution in [3.8, 4) is 5.75 Å². The maximum Gasteiger partial charge on any atom is 0.271 e. The molecule has 0 unspecified atom stereocenters. The van der Waals surface area contributed by atoms with Gasteiger partial charge in [-0.3, -0.25) is 4.79 Å². The lowest BCUT2D eigenvalue weighted by Crippen LogP contribution is -2.17. The minimum Gasteiger partial charge on any atom is -0.506 e. The molecule has 4 nitrogen and oxygen atoms in total. The normalized spacial score (nSPS) is 10.9. The second kappa shape index (κ2) is 7.46. The summed E-state index contributed by atoms with van der Waals surface area (Å²) in [6, 6.07) is 7.84. The van der Waals surface area contributed by atoms with Crippen molar-refractivity contribution in [2.75, 3.05) is 0 Å². The van der Waals surface area contributed by atoms with Crippen LogP contribution in [0.2, 0.25) is 10.0 Å². The Morgan fingerprint density at radius 3 is 2.18 bits per heavy atom. The number of aromatic hydroxyl groups is 1. The molecule has 0 saturated carbocycles. The Morgan fingerprint density at radius 1 is 1.09 bits per heavy atom. The van der Waals surface area contributed by atoms with Gasteiger partial charge >= 0.3 is 0 Å². The van der Waals surface area contributed by atoms with Crippen LogP contribution in [0.25, 0.3) is 0 Å². The molecule has 2 N–H and O–H groups in total. The van der Waals surface area contributed by atoms with Gasteiger partial charge in [0.25, 0.3) is 5.91 Å². The van der Waals surface area contributed by atoms with E-state index in [-0.39, 0.29) is 5.75 Å². The van der Waals surface area contributed by atoms with Gasteiger partial charge in [0.15, 0.2) is 0 Å². The number of phenolic OH excluding ortho intramolecular Hbond substituents is 1. The van der Waals surface area contributed by atoms with E-state index in [0.29, 0.717) is 30.1 Å². The highest BCUT2D eigenvalue weighted by atomic mass is 79.9. The quantitative estimate of drug-likeness (QED) is 0.494. The third kappa shape index (κ3) is 4.46. The molecular weight excluding hydrogens is 459 g/mol. The molecule has 0 saturated heterocycles. The van der Waals surface area contributed by atoms with Crippen LogP contribution in [0.5, 0.6) is 5.75 Å². The maximum absolute atomic E-state index is 11.9. The highest BCUT2D eigenvalue weighted by molar-refractivity contribution is 9.11. The summed E-state index contributed by atoms with van der Waals surface area (Å²) in [5, 5.41) is 14.2. The van der Waals surface area contributed by atoms with Crippen molar-refractivity contribution in [2.45, 2.75) is 0 Å². The van der Waals surface area contributed by atoms with Gasteiger partial charge in [-0.2, -0.15) is 5.10 Å². The second-order valence-corrected chi connectivity index (χ2v) is 6.77. The lowest BCUT2D eigenvalue weighted by molar-refractivity contribution is 0.0955. The number of carbonyl (C=O) groups is 1. The van der Waals surface area contributed by atoms with E-state index >= 15 is 0 Å². The van der Waals surface area contributed by atoms with Gasteiger partial charge in [-0.15, -0.1) is 0 Å². The molecule has 0 aliphatic heterocycles. The Hall–Kier alpha value is -1.08. The molecule has 0 spiro atoms. The molecule has 0 atom stereocenters. The summed E-state index contributed by atoms with van der Waals surface area (Å²) in [5.74, 6) is -0.340. The van der Waals surface area contributed by atoms with Crippen LogP contribution in [0.1, 0.15) is 15.9 Å². The Labute approximate surface area is 153 Å². The van der Waals surface area contributed by atoms with E-state index in [1.54, 1.807) is 12.1 Å². The number of nitrogens with zero attached hydrogens (tertiary/aromatic N) is 1. The van der Waals surface area contributed by atoms with Gasteiger partial charge in [0.05, 0.1) is 15.2 Å². The zero-order valence-corrected chi connectivity index (χ0v) is 15.5. The maximum atomic E-state index is 11.9. The molecule has 2 aromatic rings. The molecule has 0 aromatic heterocycles. The molecule has 2 rings (SSSR count). The van der Waals surface area contributed by atoms with Crippen molar-refractivity contribution in [1.29, 1.82) is 0 Å². The van der Waals surface area contributed by atoms with Crippen LogP contribution < -0.4 is 5.43 Å². The van der Waals surface area contributed by atoms with Crippen molar-refractivity contribution in [3.05, 3.63) is 60.4 Å². The molecule has 0 aliphatic carbocycles. The first-order chi connectivity index (χ1) is 10.4. The fourth-order valence-corrected chi connectivity index (χ4v) is 3.32. The van der Waals surface area contributed by atoms with E-state index in [2.05, 4.69) is 42.4 Å². The first-order valence-electron chi connectivity index (χ1n) is 5.84. The largest absolute Gasteiger partial charge is 0.506 e. The number of halogens is 4. The lowest BCUT2D eigenvalue weighted by Gasteiger charge is -2.03. The average molecular weight is 467 g/mol. The Balaban J connectivity index is 2.10. The van der Waals surface area contributed by atoms with Crippen LogP contribution in [-0.4, -0.2) is 17.2 Å². The third-order valence-corrected chi connectivity index (χ3v) is 4.19. The number of carbonyl (C=O) groups excluding carboxylic acids is 1. The van der Waals surface area contributed by atoms with E-state index in [9.17, 15) is 9.90 Å². The van der Waals surface area contributed by atoms with Gasteiger partial charge in [0.1, 0.15) is 5.75 Å². The second-order valence-electron chi connectivity index (χ2n) is 4.19. The number of hydrazone groups is 1. The minimum absolute atomic E-state index is 0.0924. The first kappa shape index (κ1) is 17.3. The van der Waals surface area contributed by atoms with Crippen molar-refractivity contribution < 1.29 is 9.90 Å². The predicted octanol–water partition coefficient (Wildman–Crippen LogP) is 4.99. The van der Waals surface area contributed by atoms with Crippen molar-refractivity contribution in [2.24, 2.45) is 5.10 Å². The fraction of sp³-hybridized carbons (Fsp3) is 0. The third-order valence-electron chi connectivity index (χ3n) is 2.54. The van der Waals surface area contributed by atoms with E-state index in [1.165, 1.54) is 24.4 Å². The molecule has 8 heteroatoms. The zero-order chi connectivity index (χ0) is 16.3. The van der Waals surface area contributed by atoms with Gasteiger partial charge in [-0.05, 0) is 67.8 Å². The molecule has 0 heterocycles. The average Bonchev–Trinajstić information content (AvgIpc) is 2.43. The van der Waals surface area contributed by atoms with E-state index < -0.39 is 5.91 Å².